The van der Waals surface area contributed by atoms with E-state index in [0.29, 0.717) is 0 Å². The molecule has 1 aromatic heterocycles. The number of halogens is 1. The van der Waals surface area contributed by atoms with Gasteiger partial charge in [-0.2, -0.15) is 0 Å². The lowest BCUT2D eigenvalue weighted by molar-refractivity contribution is -0.128. The van der Waals surface area contributed by atoms with Gasteiger partial charge in [-0.05, 0) is 67.0 Å². The predicted octanol–water partition coefficient (Wildman–Crippen LogP) is 2.05. The summed E-state index contributed by atoms with van der Waals surface area (Å²) in [7, 11) is 2.11. The zero-order valence-corrected chi connectivity index (χ0v) is 12.0. The Kier molecular flexibility index (Phi) is 2.90. The van der Waals surface area contributed by atoms with Gasteiger partial charge in [0, 0.05) is 10.7 Å². The minimum Gasteiger partial charge on any atom is -0.310 e. The molecule has 0 bridgehead atoms. The van der Waals surface area contributed by atoms with Gasteiger partial charge in [0.05, 0.1) is 5.41 Å². The van der Waals surface area contributed by atoms with E-state index in [0.717, 1.165) is 48.2 Å². The van der Waals surface area contributed by atoms with Gasteiger partial charge in [-0.3, -0.25) is 4.79 Å². The molecule has 3 rings (SSSR count). The second-order valence-corrected chi connectivity index (χ2v) is 6.29. The van der Waals surface area contributed by atoms with Crippen molar-refractivity contribution in [2.24, 2.45) is 5.41 Å². The average molecular weight is 310 g/mol. The standard InChI is InChI=1S/C13H16BrN3O/c1-17-4-2-13(3-5-17)7-9-6-10(14)8-15-11(9)16-12(13)18/h6,8H,2-5,7H2,1H3,(H,15,16,18). The van der Waals surface area contributed by atoms with Crippen molar-refractivity contribution in [2.45, 2.75) is 19.3 Å². The summed E-state index contributed by atoms with van der Waals surface area (Å²) >= 11 is 3.44. The summed E-state index contributed by atoms with van der Waals surface area (Å²) in [5.41, 5.74) is 0.927. The topological polar surface area (TPSA) is 45.2 Å². The number of aromatic nitrogens is 1. The van der Waals surface area contributed by atoms with E-state index in [-0.39, 0.29) is 11.3 Å². The lowest BCUT2D eigenvalue weighted by atomic mass is 9.71. The summed E-state index contributed by atoms with van der Waals surface area (Å²) in [6.45, 7) is 1.98. The van der Waals surface area contributed by atoms with Gasteiger partial charge < -0.3 is 10.2 Å². The predicted molar refractivity (Wildman–Crippen MR) is 73.4 cm³/mol. The van der Waals surface area contributed by atoms with Crippen molar-refractivity contribution in [1.29, 1.82) is 0 Å². The first kappa shape index (κ1) is 12.1. The van der Waals surface area contributed by atoms with Crippen molar-refractivity contribution in [3.05, 3.63) is 22.3 Å². The van der Waals surface area contributed by atoms with Gasteiger partial charge in [-0.25, -0.2) is 4.98 Å². The van der Waals surface area contributed by atoms with Crippen LogP contribution in [0.3, 0.4) is 0 Å². The van der Waals surface area contributed by atoms with Gasteiger partial charge in [0.2, 0.25) is 5.91 Å². The molecule has 1 N–H and O–H groups in total. The highest BCUT2D eigenvalue weighted by Crippen LogP contribution is 2.41. The summed E-state index contributed by atoms with van der Waals surface area (Å²) in [6.07, 6.45) is 4.41. The molecule has 0 atom stereocenters. The first-order valence-corrected chi connectivity index (χ1v) is 7.03. The Hall–Kier alpha value is -0.940. The third kappa shape index (κ3) is 1.95. The van der Waals surface area contributed by atoms with E-state index in [1.54, 1.807) is 6.20 Å². The molecule has 3 heterocycles. The van der Waals surface area contributed by atoms with Crippen molar-refractivity contribution in [1.82, 2.24) is 9.88 Å². The van der Waals surface area contributed by atoms with E-state index < -0.39 is 0 Å². The number of anilines is 1. The van der Waals surface area contributed by atoms with Gasteiger partial charge in [0.15, 0.2) is 0 Å². The van der Waals surface area contributed by atoms with Crippen LogP contribution in [0.4, 0.5) is 5.82 Å². The number of carbonyl (C=O) groups is 1. The van der Waals surface area contributed by atoms with E-state index in [1.807, 2.05) is 0 Å². The fraction of sp³-hybridized carbons (Fsp3) is 0.538. The SMILES string of the molecule is CN1CCC2(CC1)Cc1cc(Br)cnc1NC2=O. The van der Waals surface area contributed by atoms with E-state index in [2.05, 4.69) is 44.2 Å². The molecule has 0 saturated carbocycles. The normalized spacial score (nSPS) is 22.7. The van der Waals surface area contributed by atoms with E-state index >= 15 is 0 Å². The molecule has 1 amide bonds. The number of rotatable bonds is 0. The first-order valence-electron chi connectivity index (χ1n) is 6.23. The summed E-state index contributed by atoms with van der Waals surface area (Å²) in [6, 6.07) is 2.07. The van der Waals surface area contributed by atoms with Gasteiger partial charge in [0.1, 0.15) is 5.82 Å². The van der Waals surface area contributed by atoms with Crippen LogP contribution in [0.25, 0.3) is 0 Å². The van der Waals surface area contributed by atoms with Crippen LogP contribution in [-0.4, -0.2) is 35.9 Å². The number of hydrogen-bond donors (Lipinski definition) is 1. The molecular weight excluding hydrogens is 294 g/mol. The maximum Gasteiger partial charge on any atom is 0.232 e. The van der Waals surface area contributed by atoms with E-state index in [9.17, 15) is 4.79 Å². The van der Waals surface area contributed by atoms with Crippen molar-refractivity contribution < 1.29 is 4.79 Å². The quantitative estimate of drug-likeness (QED) is 0.798. The van der Waals surface area contributed by atoms with Crippen LogP contribution >= 0.6 is 15.9 Å². The zero-order chi connectivity index (χ0) is 12.8. The molecule has 0 unspecified atom stereocenters. The minimum absolute atomic E-state index is 0.151. The van der Waals surface area contributed by atoms with Crippen molar-refractivity contribution >= 4 is 27.7 Å². The highest BCUT2D eigenvalue weighted by Gasteiger charge is 2.44. The maximum atomic E-state index is 12.3. The molecule has 1 saturated heterocycles. The van der Waals surface area contributed by atoms with Crippen LogP contribution in [0, 0.1) is 5.41 Å². The highest BCUT2D eigenvalue weighted by molar-refractivity contribution is 9.10. The summed E-state index contributed by atoms with van der Waals surface area (Å²) in [5.74, 6) is 0.880. The molecule has 5 heteroatoms. The Morgan fingerprint density at radius 1 is 1.44 bits per heavy atom. The summed E-state index contributed by atoms with van der Waals surface area (Å²) in [4.78, 5) is 18.9. The van der Waals surface area contributed by atoms with Crippen LogP contribution in [-0.2, 0) is 11.2 Å². The van der Waals surface area contributed by atoms with Gasteiger partial charge >= 0.3 is 0 Å². The van der Waals surface area contributed by atoms with Crippen LogP contribution in [0.1, 0.15) is 18.4 Å². The Balaban J connectivity index is 1.93. The molecule has 4 nitrogen and oxygen atoms in total. The van der Waals surface area contributed by atoms with Crippen LogP contribution in [0.15, 0.2) is 16.7 Å². The van der Waals surface area contributed by atoms with Crippen molar-refractivity contribution in [2.75, 3.05) is 25.5 Å². The summed E-state index contributed by atoms with van der Waals surface area (Å²) in [5, 5.41) is 2.97. The number of nitrogens with zero attached hydrogens (tertiary/aromatic N) is 2. The third-order valence-electron chi connectivity index (χ3n) is 4.12. The molecule has 0 aromatic carbocycles. The highest BCUT2D eigenvalue weighted by atomic mass is 79.9. The Morgan fingerprint density at radius 3 is 2.89 bits per heavy atom. The van der Waals surface area contributed by atoms with Crippen LogP contribution < -0.4 is 5.32 Å². The number of amides is 1. The molecule has 1 spiro atoms. The molecule has 1 fully saturated rings. The smallest absolute Gasteiger partial charge is 0.232 e. The number of hydrogen-bond acceptors (Lipinski definition) is 3. The molecule has 96 valence electrons. The monoisotopic (exact) mass is 309 g/mol. The first-order chi connectivity index (χ1) is 8.59. The van der Waals surface area contributed by atoms with E-state index in [4.69, 9.17) is 0 Å². The Labute approximate surface area is 115 Å². The fourth-order valence-corrected chi connectivity index (χ4v) is 3.24. The number of pyridine rings is 1. The lowest BCUT2D eigenvalue weighted by Crippen LogP contribution is -2.49. The molecule has 0 radical (unpaired) electrons. The van der Waals surface area contributed by atoms with Crippen molar-refractivity contribution in [3.8, 4) is 0 Å². The van der Waals surface area contributed by atoms with Crippen LogP contribution in [0.5, 0.6) is 0 Å². The van der Waals surface area contributed by atoms with Crippen LogP contribution in [0.2, 0.25) is 0 Å². The number of carbonyl (C=O) groups excluding carboxylic acids is 1. The number of likely N-dealkylation sites (tertiary alicyclic amines) is 1. The summed E-state index contributed by atoms with van der Waals surface area (Å²) < 4.78 is 0.973. The molecule has 18 heavy (non-hydrogen) atoms. The maximum absolute atomic E-state index is 12.3. The molecule has 1 aromatic rings. The molecular formula is C13H16BrN3O. The largest absolute Gasteiger partial charge is 0.310 e. The van der Waals surface area contributed by atoms with E-state index in [1.165, 1.54) is 0 Å². The lowest BCUT2D eigenvalue weighted by Gasteiger charge is -2.42. The second kappa shape index (κ2) is 4.31. The van der Waals surface area contributed by atoms with Gasteiger partial charge in [0.25, 0.3) is 0 Å². The van der Waals surface area contributed by atoms with Crippen molar-refractivity contribution in [3.63, 3.8) is 0 Å². The fourth-order valence-electron chi connectivity index (χ4n) is 2.86. The Morgan fingerprint density at radius 2 is 2.17 bits per heavy atom. The van der Waals surface area contributed by atoms with Gasteiger partial charge in [-0.15, -0.1) is 0 Å². The molecule has 2 aliphatic heterocycles. The number of nitrogens with one attached hydrogen (secondary N) is 1. The molecule has 2 aliphatic rings. The number of fused-ring (bicyclic) bond motifs is 1. The third-order valence-corrected chi connectivity index (χ3v) is 4.55. The second-order valence-electron chi connectivity index (χ2n) is 5.38. The Bertz CT molecular complexity index is 495. The van der Waals surface area contributed by atoms with Gasteiger partial charge in [-0.1, -0.05) is 0 Å². The number of piperidine rings is 1. The zero-order valence-electron chi connectivity index (χ0n) is 10.4. The molecule has 0 aliphatic carbocycles. The minimum atomic E-state index is -0.220. The average Bonchev–Trinajstić information content (AvgIpc) is 2.35.